The second-order valence-corrected chi connectivity index (χ2v) is 4.42. The van der Waals surface area contributed by atoms with Crippen molar-refractivity contribution in [2.24, 2.45) is 0 Å². The van der Waals surface area contributed by atoms with Crippen molar-refractivity contribution < 1.29 is 9.13 Å². The molecule has 2 aromatic rings. The van der Waals surface area contributed by atoms with Crippen LogP contribution in [0, 0.1) is 17.1 Å². The van der Waals surface area contributed by atoms with Gasteiger partial charge in [-0.05, 0) is 25.1 Å². The van der Waals surface area contributed by atoms with Gasteiger partial charge in [-0.15, -0.1) is 11.3 Å². The minimum atomic E-state index is -0.397. The van der Waals surface area contributed by atoms with Crippen molar-refractivity contribution in [2.45, 2.75) is 13.3 Å². The van der Waals surface area contributed by atoms with Crippen LogP contribution in [0.1, 0.15) is 12.6 Å². The molecule has 0 spiro atoms. The molecule has 0 unspecified atom stereocenters. The largest absolute Gasteiger partial charge is 0.491 e. The molecule has 0 saturated heterocycles. The number of benzene rings is 1. The SMILES string of the molecule is CCOc1ccc(-c2nc(CC#N)cs2)cc1F. The zero-order chi connectivity index (χ0) is 13.0. The summed E-state index contributed by atoms with van der Waals surface area (Å²) in [4.78, 5) is 4.28. The lowest BCUT2D eigenvalue weighted by Gasteiger charge is -2.05. The van der Waals surface area contributed by atoms with Crippen LogP contribution in [0.15, 0.2) is 23.6 Å². The molecule has 18 heavy (non-hydrogen) atoms. The fourth-order valence-electron chi connectivity index (χ4n) is 1.51. The summed E-state index contributed by atoms with van der Waals surface area (Å²) in [6.45, 7) is 2.24. The number of ether oxygens (including phenoxy) is 1. The molecule has 1 heterocycles. The Morgan fingerprint density at radius 3 is 3.00 bits per heavy atom. The highest BCUT2D eigenvalue weighted by atomic mass is 32.1. The van der Waals surface area contributed by atoms with Crippen LogP contribution in [0.5, 0.6) is 5.75 Å². The van der Waals surface area contributed by atoms with Gasteiger partial charge in [0, 0.05) is 10.9 Å². The molecule has 0 amide bonds. The van der Waals surface area contributed by atoms with Crippen LogP contribution in [0.25, 0.3) is 10.6 Å². The van der Waals surface area contributed by atoms with E-state index < -0.39 is 5.82 Å². The van der Waals surface area contributed by atoms with Crippen molar-refractivity contribution in [3.05, 3.63) is 35.1 Å². The van der Waals surface area contributed by atoms with Crippen molar-refractivity contribution in [2.75, 3.05) is 6.61 Å². The molecule has 5 heteroatoms. The Hall–Kier alpha value is -1.93. The van der Waals surface area contributed by atoms with Gasteiger partial charge in [0.2, 0.25) is 0 Å². The van der Waals surface area contributed by atoms with E-state index in [1.54, 1.807) is 12.1 Å². The average Bonchev–Trinajstić information content (AvgIpc) is 2.81. The highest BCUT2D eigenvalue weighted by Crippen LogP contribution is 2.28. The molecule has 0 aliphatic rings. The summed E-state index contributed by atoms with van der Waals surface area (Å²) >= 11 is 1.40. The summed E-state index contributed by atoms with van der Waals surface area (Å²) in [7, 11) is 0. The van der Waals surface area contributed by atoms with Gasteiger partial charge in [0.1, 0.15) is 5.01 Å². The third kappa shape index (κ3) is 2.66. The maximum atomic E-state index is 13.7. The van der Waals surface area contributed by atoms with Crippen LogP contribution in [0.3, 0.4) is 0 Å². The molecule has 0 fully saturated rings. The molecule has 0 bridgehead atoms. The third-order valence-electron chi connectivity index (χ3n) is 2.29. The highest BCUT2D eigenvalue weighted by Gasteiger charge is 2.09. The van der Waals surface area contributed by atoms with Crippen LogP contribution in [-0.2, 0) is 6.42 Å². The quantitative estimate of drug-likeness (QED) is 0.848. The van der Waals surface area contributed by atoms with E-state index >= 15 is 0 Å². The van der Waals surface area contributed by atoms with E-state index in [-0.39, 0.29) is 12.2 Å². The summed E-state index contributed by atoms with van der Waals surface area (Å²) in [5, 5.41) is 11.1. The predicted molar refractivity (Wildman–Crippen MR) is 68.0 cm³/mol. The van der Waals surface area contributed by atoms with Gasteiger partial charge in [-0.25, -0.2) is 9.37 Å². The Bertz CT molecular complexity index is 589. The zero-order valence-corrected chi connectivity index (χ0v) is 10.6. The van der Waals surface area contributed by atoms with E-state index in [1.165, 1.54) is 17.4 Å². The normalized spacial score (nSPS) is 10.1. The number of nitrogens with zero attached hydrogens (tertiary/aromatic N) is 2. The van der Waals surface area contributed by atoms with Crippen LogP contribution in [0.2, 0.25) is 0 Å². The smallest absolute Gasteiger partial charge is 0.165 e. The van der Waals surface area contributed by atoms with Gasteiger partial charge in [0.05, 0.1) is 24.8 Å². The first-order valence-electron chi connectivity index (χ1n) is 5.48. The number of rotatable bonds is 4. The van der Waals surface area contributed by atoms with Gasteiger partial charge in [0.25, 0.3) is 0 Å². The molecular weight excluding hydrogens is 251 g/mol. The second kappa shape index (κ2) is 5.61. The van der Waals surface area contributed by atoms with E-state index in [4.69, 9.17) is 10.00 Å². The second-order valence-electron chi connectivity index (χ2n) is 3.56. The lowest BCUT2D eigenvalue weighted by Crippen LogP contribution is -1.94. The summed E-state index contributed by atoms with van der Waals surface area (Å²) in [6.07, 6.45) is 0.274. The Morgan fingerprint density at radius 1 is 1.50 bits per heavy atom. The predicted octanol–water partition coefficient (Wildman–Crippen LogP) is 3.41. The first kappa shape index (κ1) is 12.5. The average molecular weight is 262 g/mol. The summed E-state index contributed by atoms with van der Waals surface area (Å²) in [5.74, 6) is -0.151. The number of halogens is 1. The van der Waals surface area contributed by atoms with Crippen molar-refractivity contribution in [1.29, 1.82) is 5.26 Å². The summed E-state index contributed by atoms with van der Waals surface area (Å²) in [5.41, 5.74) is 1.41. The van der Waals surface area contributed by atoms with E-state index in [0.29, 0.717) is 22.9 Å². The number of nitriles is 1. The summed E-state index contributed by atoms with van der Waals surface area (Å²) < 4.78 is 18.8. The van der Waals surface area contributed by atoms with Crippen LogP contribution in [-0.4, -0.2) is 11.6 Å². The lowest BCUT2D eigenvalue weighted by molar-refractivity contribution is 0.321. The first-order valence-corrected chi connectivity index (χ1v) is 6.36. The van der Waals surface area contributed by atoms with Crippen LogP contribution < -0.4 is 4.74 Å². The fraction of sp³-hybridized carbons (Fsp3) is 0.231. The molecular formula is C13H11FN2OS. The zero-order valence-electron chi connectivity index (χ0n) is 9.81. The number of aromatic nitrogens is 1. The first-order chi connectivity index (χ1) is 8.74. The monoisotopic (exact) mass is 262 g/mol. The Labute approximate surface area is 108 Å². The fourth-order valence-corrected chi connectivity index (χ4v) is 2.32. The van der Waals surface area contributed by atoms with E-state index in [1.807, 2.05) is 18.4 Å². The van der Waals surface area contributed by atoms with Gasteiger partial charge in [-0.3, -0.25) is 0 Å². The maximum Gasteiger partial charge on any atom is 0.165 e. The minimum absolute atomic E-state index is 0.245. The van der Waals surface area contributed by atoms with Gasteiger partial charge in [-0.1, -0.05) is 0 Å². The van der Waals surface area contributed by atoms with E-state index in [0.717, 1.165) is 0 Å². The number of hydrogen-bond acceptors (Lipinski definition) is 4. The van der Waals surface area contributed by atoms with Gasteiger partial charge < -0.3 is 4.74 Å². The molecule has 0 atom stereocenters. The molecule has 0 saturated carbocycles. The van der Waals surface area contributed by atoms with Gasteiger partial charge >= 0.3 is 0 Å². The molecule has 92 valence electrons. The standard InChI is InChI=1S/C13H11FN2OS/c1-2-17-12-4-3-9(7-11(12)14)13-16-10(5-6-15)8-18-13/h3-4,7-8H,2,5H2,1H3. The Balaban J connectivity index is 2.28. The topological polar surface area (TPSA) is 45.9 Å². The van der Waals surface area contributed by atoms with Crippen molar-refractivity contribution in [1.82, 2.24) is 4.98 Å². The molecule has 0 N–H and O–H groups in total. The van der Waals surface area contributed by atoms with Crippen LogP contribution >= 0.6 is 11.3 Å². The number of hydrogen-bond donors (Lipinski definition) is 0. The summed E-state index contributed by atoms with van der Waals surface area (Å²) in [6, 6.07) is 6.80. The highest BCUT2D eigenvalue weighted by molar-refractivity contribution is 7.13. The van der Waals surface area contributed by atoms with Gasteiger partial charge in [-0.2, -0.15) is 5.26 Å². The molecule has 0 aliphatic carbocycles. The third-order valence-corrected chi connectivity index (χ3v) is 3.23. The van der Waals surface area contributed by atoms with Crippen molar-refractivity contribution in [3.8, 4) is 22.4 Å². The van der Waals surface area contributed by atoms with E-state index in [2.05, 4.69) is 4.98 Å². The molecule has 1 aromatic heterocycles. The molecule has 3 nitrogen and oxygen atoms in total. The molecule has 0 radical (unpaired) electrons. The van der Waals surface area contributed by atoms with Crippen molar-refractivity contribution >= 4 is 11.3 Å². The lowest BCUT2D eigenvalue weighted by atomic mass is 10.2. The van der Waals surface area contributed by atoms with Gasteiger partial charge in [0.15, 0.2) is 11.6 Å². The minimum Gasteiger partial charge on any atom is -0.491 e. The Morgan fingerprint density at radius 2 is 2.33 bits per heavy atom. The van der Waals surface area contributed by atoms with Crippen molar-refractivity contribution in [3.63, 3.8) is 0 Å². The maximum absolute atomic E-state index is 13.7. The molecule has 0 aliphatic heterocycles. The number of thiazole rings is 1. The van der Waals surface area contributed by atoms with E-state index in [9.17, 15) is 4.39 Å². The molecule has 1 aromatic carbocycles. The Kier molecular flexibility index (Phi) is 3.90. The van der Waals surface area contributed by atoms with Crippen LogP contribution in [0.4, 0.5) is 4.39 Å². The molecule has 2 rings (SSSR count).